The number of hydrogen-bond donors (Lipinski definition) is 0. The number of nitriles is 1. The summed E-state index contributed by atoms with van der Waals surface area (Å²) in [5.74, 6) is 0.686. The Labute approximate surface area is 113 Å². The summed E-state index contributed by atoms with van der Waals surface area (Å²) in [7, 11) is 3.36. The Morgan fingerprint density at radius 3 is 2.74 bits per heavy atom. The minimum Gasteiger partial charge on any atom is -0.496 e. The number of carbonyl (C=O) groups excluding carboxylic acids is 1. The number of aryl methyl sites for hydroxylation is 1. The van der Waals surface area contributed by atoms with Crippen LogP contribution in [-0.4, -0.2) is 25.0 Å². The monoisotopic (exact) mass is 258 g/mol. The van der Waals surface area contributed by atoms with Gasteiger partial charge in [0.25, 0.3) is 0 Å². The Kier molecular flexibility index (Phi) is 3.48. The molecule has 0 spiro atoms. The van der Waals surface area contributed by atoms with Crippen molar-refractivity contribution in [2.75, 3.05) is 14.2 Å². The molecule has 1 amide bonds. The van der Waals surface area contributed by atoms with E-state index in [4.69, 9.17) is 10.00 Å². The van der Waals surface area contributed by atoms with Gasteiger partial charge in [-0.25, -0.2) is 0 Å². The fraction of sp³-hybridized carbons (Fsp3) is 0.467. The zero-order chi connectivity index (χ0) is 14.0. The van der Waals surface area contributed by atoms with Crippen LogP contribution in [0.3, 0.4) is 0 Å². The van der Waals surface area contributed by atoms with E-state index in [-0.39, 0.29) is 5.91 Å². The first-order valence-corrected chi connectivity index (χ1v) is 6.33. The lowest BCUT2D eigenvalue weighted by Crippen LogP contribution is -2.33. The molecule has 0 N–H and O–H groups in total. The van der Waals surface area contributed by atoms with Gasteiger partial charge in [0.15, 0.2) is 0 Å². The van der Waals surface area contributed by atoms with Crippen molar-refractivity contribution in [1.82, 2.24) is 4.90 Å². The first kappa shape index (κ1) is 13.4. The van der Waals surface area contributed by atoms with Crippen molar-refractivity contribution in [2.45, 2.75) is 26.3 Å². The van der Waals surface area contributed by atoms with Gasteiger partial charge in [0.2, 0.25) is 5.91 Å². The van der Waals surface area contributed by atoms with E-state index in [0.717, 1.165) is 16.9 Å². The molecule has 2 rings (SSSR count). The van der Waals surface area contributed by atoms with Crippen molar-refractivity contribution in [3.8, 4) is 11.8 Å². The smallest absolute Gasteiger partial charge is 0.243 e. The molecule has 4 heteroatoms. The van der Waals surface area contributed by atoms with Crippen LogP contribution in [0, 0.1) is 23.7 Å². The Bertz CT molecular complexity index is 542. The van der Waals surface area contributed by atoms with Gasteiger partial charge in [0.1, 0.15) is 11.2 Å². The van der Waals surface area contributed by atoms with Gasteiger partial charge in [-0.2, -0.15) is 5.26 Å². The Morgan fingerprint density at radius 2 is 2.21 bits per heavy atom. The highest BCUT2D eigenvalue weighted by Gasteiger charge is 2.51. The average Bonchev–Trinajstić information content (AvgIpc) is 3.19. The molecular weight excluding hydrogens is 240 g/mol. The zero-order valence-corrected chi connectivity index (χ0v) is 11.6. The average molecular weight is 258 g/mol. The zero-order valence-electron chi connectivity index (χ0n) is 11.6. The van der Waals surface area contributed by atoms with Gasteiger partial charge in [-0.15, -0.1) is 0 Å². The Morgan fingerprint density at radius 1 is 1.53 bits per heavy atom. The molecule has 4 nitrogen and oxygen atoms in total. The fourth-order valence-corrected chi connectivity index (χ4v) is 2.22. The summed E-state index contributed by atoms with van der Waals surface area (Å²) in [5.41, 5.74) is 1.33. The number of carbonyl (C=O) groups is 1. The highest BCUT2D eigenvalue weighted by atomic mass is 16.5. The van der Waals surface area contributed by atoms with Gasteiger partial charge in [0, 0.05) is 19.2 Å². The van der Waals surface area contributed by atoms with Crippen LogP contribution in [0.15, 0.2) is 18.2 Å². The Hall–Kier alpha value is -2.02. The second-order valence-electron chi connectivity index (χ2n) is 5.17. The largest absolute Gasteiger partial charge is 0.496 e. The molecule has 100 valence electrons. The van der Waals surface area contributed by atoms with Crippen LogP contribution in [0.4, 0.5) is 0 Å². The van der Waals surface area contributed by atoms with Crippen LogP contribution in [0.2, 0.25) is 0 Å². The summed E-state index contributed by atoms with van der Waals surface area (Å²) < 4.78 is 5.31. The maximum atomic E-state index is 12.2. The standard InChI is InChI=1S/C15H18N2O2/c1-11-4-5-13(19-3)12(8-11)9-17(2)14(18)15(10-16)6-7-15/h4-5,8H,6-7,9H2,1-3H3. The molecule has 1 aliphatic rings. The molecule has 0 saturated heterocycles. The third-order valence-electron chi connectivity index (χ3n) is 3.56. The van der Waals surface area contributed by atoms with Crippen LogP contribution in [0.1, 0.15) is 24.0 Å². The molecule has 19 heavy (non-hydrogen) atoms. The number of rotatable bonds is 4. The molecule has 1 aromatic rings. The molecule has 0 bridgehead atoms. The van der Waals surface area contributed by atoms with Crippen LogP contribution in [-0.2, 0) is 11.3 Å². The highest BCUT2D eigenvalue weighted by Crippen LogP contribution is 2.46. The topological polar surface area (TPSA) is 53.3 Å². The van der Waals surface area contributed by atoms with Crippen molar-refractivity contribution in [3.05, 3.63) is 29.3 Å². The van der Waals surface area contributed by atoms with E-state index in [9.17, 15) is 4.79 Å². The Balaban J connectivity index is 2.15. The second-order valence-corrected chi connectivity index (χ2v) is 5.17. The number of amides is 1. The van der Waals surface area contributed by atoms with Gasteiger partial charge in [-0.1, -0.05) is 17.7 Å². The van der Waals surface area contributed by atoms with Crippen molar-refractivity contribution in [3.63, 3.8) is 0 Å². The van der Waals surface area contributed by atoms with E-state index in [1.54, 1.807) is 19.1 Å². The van der Waals surface area contributed by atoms with Crippen molar-refractivity contribution >= 4 is 5.91 Å². The molecule has 1 saturated carbocycles. The maximum Gasteiger partial charge on any atom is 0.243 e. The lowest BCUT2D eigenvalue weighted by molar-refractivity contribution is -0.134. The van der Waals surface area contributed by atoms with Gasteiger partial charge in [0.05, 0.1) is 13.2 Å². The summed E-state index contributed by atoms with van der Waals surface area (Å²) in [4.78, 5) is 13.8. The van der Waals surface area contributed by atoms with E-state index in [1.165, 1.54) is 0 Å². The van der Waals surface area contributed by atoms with E-state index in [0.29, 0.717) is 19.4 Å². The van der Waals surface area contributed by atoms with Gasteiger partial charge < -0.3 is 9.64 Å². The maximum absolute atomic E-state index is 12.2. The minimum absolute atomic E-state index is 0.0847. The van der Waals surface area contributed by atoms with Crippen LogP contribution < -0.4 is 4.74 Å². The summed E-state index contributed by atoms with van der Waals surface area (Å²) in [6.45, 7) is 2.47. The number of benzene rings is 1. The van der Waals surface area contributed by atoms with Crippen LogP contribution >= 0.6 is 0 Å². The molecule has 0 atom stereocenters. The second kappa shape index (κ2) is 4.93. The van der Waals surface area contributed by atoms with E-state index in [2.05, 4.69) is 6.07 Å². The van der Waals surface area contributed by atoms with Crippen LogP contribution in [0.5, 0.6) is 5.75 Å². The fourth-order valence-electron chi connectivity index (χ4n) is 2.22. The third-order valence-corrected chi connectivity index (χ3v) is 3.56. The molecule has 0 aromatic heterocycles. The molecule has 1 aromatic carbocycles. The number of ether oxygens (including phenoxy) is 1. The predicted molar refractivity (Wildman–Crippen MR) is 71.5 cm³/mol. The molecule has 0 heterocycles. The van der Waals surface area contributed by atoms with Crippen molar-refractivity contribution in [2.24, 2.45) is 5.41 Å². The van der Waals surface area contributed by atoms with Gasteiger partial charge in [-0.3, -0.25) is 4.79 Å². The molecular formula is C15H18N2O2. The summed E-state index contributed by atoms with van der Waals surface area (Å²) >= 11 is 0. The predicted octanol–water partition coefficient (Wildman–Crippen LogP) is 2.27. The van der Waals surface area contributed by atoms with Crippen molar-refractivity contribution in [1.29, 1.82) is 5.26 Å². The van der Waals surface area contributed by atoms with E-state index in [1.807, 2.05) is 25.1 Å². The van der Waals surface area contributed by atoms with Crippen molar-refractivity contribution < 1.29 is 9.53 Å². The molecule has 0 unspecified atom stereocenters. The molecule has 1 aliphatic carbocycles. The van der Waals surface area contributed by atoms with Gasteiger partial charge in [-0.05, 0) is 25.8 Å². The quantitative estimate of drug-likeness (QED) is 0.832. The molecule has 0 radical (unpaired) electrons. The summed E-state index contributed by atoms with van der Waals surface area (Å²) in [6, 6.07) is 8.02. The first-order valence-electron chi connectivity index (χ1n) is 6.33. The van der Waals surface area contributed by atoms with E-state index < -0.39 is 5.41 Å². The highest BCUT2D eigenvalue weighted by molar-refractivity contribution is 5.88. The summed E-state index contributed by atoms with van der Waals surface area (Å²) in [6.07, 6.45) is 1.36. The summed E-state index contributed by atoms with van der Waals surface area (Å²) in [5, 5.41) is 9.06. The lowest BCUT2D eigenvalue weighted by atomic mass is 10.1. The SMILES string of the molecule is COc1ccc(C)cc1CN(C)C(=O)C1(C#N)CC1. The first-order chi connectivity index (χ1) is 9.02. The number of methoxy groups -OCH3 is 1. The third kappa shape index (κ3) is 2.55. The minimum atomic E-state index is -0.758. The van der Waals surface area contributed by atoms with E-state index >= 15 is 0 Å². The number of nitrogens with zero attached hydrogens (tertiary/aromatic N) is 2. The number of hydrogen-bond acceptors (Lipinski definition) is 3. The normalized spacial score (nSPS) is 15.5. The lowest BCUT2D eigenvalue weighted by Gasteiger charge is -2.21. The van der Waals surface area contributed by atoms with Gasteiger partial charge >= 0.3 is 0 Å². The van der Waals surface area contributed by atoms with Crippen LogP contribution in [0.25, 0.3) is 0 Å². The molecule has 1 fully saturated rings. The molecule has 0 aliphatic heterocycles.